The highest BCUT2D eigenvalue weighted by atomic mass is 35.5. The summed E-state index contributed by atoms with van der Waals surface area (Å²) in [6, 6.07) is 6.54. The minimum absolute atomic E-state index is 0.0970. The van der Waals surface area contributed by atoms with E-state index in [4.69, 9.17) is 16.3 Å². The number of hydrogen-bond donors (Lipinski definition) is 1. The van der Waals surface area contributed by atoms with Gasteiger partial charge in [-0.1, -0.05) is 18.2 Å². The summed E-state index contributed by atoms with van der Waals surface area (Å²) < 4.78 is 19.1. The van der Waals surface area contributed by atoms with Gasteiger partial charge >= 0.3 is 0 Å². The lowest BCUT2D eigenvalue weighted by atomic mass is 10.1. The predicted molar refractivity (Wildman–Crippen MR) is 99.6 cm³/mol. The topological polar surface area (TPSA) is 47.0 Å². The maximum atomic E-state index is 13.5. The van der Waals surface area contributed by atoms with E-state index in [9.17, 15) is 4.39 Å². The van der Waals surface area contributed by atoms with Gasteiger partial charge in [-0.25, -0.2) is 14.4 Å². The standard InChI is InChI=1S/C18H17ClFN3OS/c1-11(19)10-24-17-14(9-22-12(2)18-21-5-6-25-18)7-13-3-4-15(20)8-16(13)23-17/h3-8,12,22H,1,9-10H2,2H3. The number of thiazole rings is 1. The molecule has 130 valence electrons. The van der Waals surface area contributed by atoms with Gasteiger partial charge in [-0.2, -0.15) is 0 Å². The van der Waals surface area contributed by atoms with Crippen LogP contribution in [0.5, 0.6) is 5.88 Å². The van der Waals surface area contributed by atoms with Gasteiger partial charge in [0.2, 0.25) is 5.88 Å². The third kappa shape index (κ3) is 4.54. The molecule has 25 heavy (non-hydrogen) atoms. The third-order valence-corrected chi connectivity index (χ3v) is 4.67. The smallest absolute Gasteiger partial charge is 0.218 e. The predicted octanol–water partition coefficient (Wildman–Crippen LogP) is 4.81. The van der Waals surface area contributed by atoms with Crippen LogP contribution >= 0.6 is 22.9 Å². The van der Waals surface area contributed by atoms with Crippen molar-refractivity contribution in [2.75, 3.05) is 6.61 Å². The van der Waals surface area contributed by atoms with E-state index in [1.165, 1.54) is 12.1 Å². The molecule has 7 heteroatoms. The average molecular weight is 378 g/mol. The Balaban J connectivity index is 1.86. The van der Waals surface area contributed by atoms with Gasteiger partial charge < -0.3 is 10.1 Å². The molecule has 0 fully saturated rings. The van der Waals surface area contributed by atoms with E-state index in [0.717, 1.165) is 16.0 Å². The van der Waals surface area contributed by atoms with Crippen LogP contribution in [0.25, 0.3) is 10.9 Å². The molecule has 1 atom stereocenters. The normalized spacial score (nSPS) is 12.3. The fraction of sp³-hybridized carbons (Fsp3) is 0.222. The van der Waals surface area contributed by atoms with Gasteiger partial charge in [0.1, 0.15) is 17.4 Å². The van der Waals surface area contributed by atoms with Crippen LogP contribution in [-0.4, -0.2) is 16.6 Å². The number of hydrogen-bond acceptors (Lipinski definition) is 5. The van der Waals surface area contributed by atoms with Gasteiger partial charge in [-0.15, -0.1) is 11.3 Å². The third-order valence-electron chi connectivity index (χ3n) is 3.60. The molecule has 0 aliphatic rings. The van der Waals surface area contributed by atoms with E-state index >= 15 is 0 Å². The number of nitrogens with one attached hydrogen (secondary N) is 1. The van der Waals surface area contributed by atoms with Gasteiger partial charge in [0.25, 0.3) is 0 Å². The fourth-order valence-corrected chi connectivity index (χ4v) is 3.09. The van der Waals surface area contributed by atoms with Gasteiger partial charge in [0, 0.05) is 40.2 Å². The molecule has 0 bridgehead atoms. The molecule has 3 aromatic rings. The summed E-state index contributed by atoms with van der Waals surface area (Å²) in [4.78, 5) is 8.74. The minimum Gasteiger partial charge on any atom is -0.472 e. The molecule has 1 unspecified atom stereocenters. The first-order chi connectivity index (χ1) is 12.0. The van der Waals surface area contributed by atoms with Crippen molar-refractivity contribution in [3.05, 3.63) is 63.8 Å². The van der Waals surface area contributed by atoms with Crippen molar-refractivity contribution >= 4 is 33.8 Å². The lowest BCUT2D eigenvalue weighted by molar-refractivity contribution is 0.340. The summed E-state index contributed by atoms with van der Waals surface area (Å²) in [5, 5.41) is 7.57. The molecule has 0 saturated heterocycles. The van der Waals surface area contributed by atoms with E-state index in [1.807, 2.05) is 18.4 Å². The van der Waals surface area contributed by atoms with Crippen LogP contribution in [-0.2, 0) is 6.54 Å². The molecule has 0 saturated carbocycles. The van der Waals surface area contributed by atoms with Crippen LogP contribution in [0.3, 0.4) is 0 Å². The molecule has 0 radical (unpaired) electrons. The molecular weight excluding hydrogens is 361 g/mol. The number of aromatic nitrogens is 2. The van der Waals surface area contributed by atoms with Crippen molar-refractivity contribution in [2.24, 2.45) is 0 Å². The molecule has 0 spiro atoms. The zero-order valence-corrected chi connectivity index (χ0v) is 15.2. The van der Waals surface area contributed by atoms with Crippen molar-refractivity contribution in [2.45, 2.75) is 19.5 Å². The first kappa shape index (κ1) is 17.8. The van der Waals surface area contributed by atoms with Crippen LogP contribution in [0, 0.1) is 5.82 Å². The molecule has 3 rings (SSSR count). The maximum absolute atomic E-state index is 13.5. The summed E-state index contributed by atoms with van der Waals surface area (Å²) in [6.45, 7) is 6.34. The Kier molecular flexibility index (Phi) is 5.63. The fourth-order valence-electron chi connectivity index (χ4n) is 2.36. The van der Waals surface area contributed by atoms with Gasteiger partial charge in [-0.05, 0) is 25.1 Å². The molecule has 2 aromatic heterocycles. The lowest BCUT2D eigenvalue weighted by Crippen LogP contribution is -2.19. The number of nitrogens with zero attached hydrogens (tertiary/aromatic N) is 2. The zero-order chi connectivity index (χ0) is 17.8. The maximum Gasteiger partial charge on any atom is 0.218 e. The number of rotatable bonds is 7. The molecule has 0 aliphatic carbocycles. The van der Waals surface area contributed by atoms with Gasteiger partial charge in [0.15, 0.2) is 0 Å². The van der Waals surface area contributed by atoms with Crippen molar-refractivity contribution in [3.63, 3.8) is 0 Å². The summed E-state index contributed by atoms with van der Waals surface area (Å²) in [6.07, 6.45) is 1.78. The minimum atomic E-state index is -0.337. The van der Waals surface area contributed by atoms with Crippen LogP contribution in [0.2, 0.25) is 0 Å². The number of benzene rings is 1. The highest BCUT2D eigenvalue weighted by molar-refractivity contribution is 7.09. The molecule has 1 aromatic carbocycles. The van der Waals surface area contributed by atoms with E-state index in [0.29, 0.717) is 23.0 Å². The van der Waals surface area contributed by atoms with Crippen LogP contribution in [0.4, 0.5) is 4.39 Å². The second-order valence-corrected chi connectivity index (χ2v) is 7.03. The van der Waals surface area contributed by atoms with Gasteiger partial charge in [-0.3, -0.25) is 0 Å². The Hall–Kier alpha value is -2.02. The van der Waals surface area contributed by atoms with E-state index in [-0.39, 0.29) is 18.5 Å². The van der Waals surface area contributed by atoms with Gasteiger partial charge in [0.05, 0.1) is 11.6 Å². The molecule has 1 N–H and O–H groups in total. The molecule has 4 nitrogen and oxygen atoms in total. The largest absolute Gasteiger partial charge is 0.472 e. The van der Waals surface area contributed by atoms with Crippen LogP contribution in [0.15, 0.2) is 47.5 Å². The number of halogens is 2. The second-order valence-electron chi connectivity index (χ2n) is 5.57. The first-order valence-corrected chi connectivity index (χ1v) is 8.96. The number of fused-ring (bicyclic) bond motifs is 1. The Labute approximate surface area is 154 Å². The second kappa shape index (κ2) is 7.91. The lowest BCUT2D eigenvalue weighted by Gasteiger charge is -2.15. The highest BCUT2D eigenvalue weighted by Gasteiger charge is 2.13. The Bertz CT molecular complexity index is 885. The summed E-state index contributed by atoms with van der Waals surface area (Å²) >= 11 is 7.39. The molecule has 2 heterocycles. The summed E-state index contributed by atoms with van der Waals surface area (Å²) in [5.74, 6) is 0.0784. The van der Waals surface area contributed by atoms with Crippen molar-refractivity contribution in [1.29, 1.82) is 0 Å². The Morgan fingerprint density at radius 3 is 3.00 bits per heavy atom. The van der Waals surface area contributed by atoms with Crippen LogP contribution in [0.1, 0.15) is 23.5 Å². The van der Waals surface area contributed by atoms with E-state index in [2.05, 4.69) is 21.9 Å². The van der Waals surface area contributed by atoms with Crippen LogP contribution < -0.4 is 10.1 Å². The average Bonchev–Trinajstić information content (AvgIpc) is 3.12. The van der Waals surface area contributed by atoms with Crippen molar-refractivity contribution < 1.29 is 9.13 Å². The Morgan fingerprint density at radius 2 is 2.28 bits per heavy atom. The van der Waals surface area contributed by atoms with E-state index in [1.54, 1.807) is 23.6 Å². The SMILES string of the molecule is C=C(Cl)COc1nc2cc(F)ccc2cc1CNC(C)c1nccs1. The number of ether oxygens (including phenoxy) is 1. The zero-order valence-electron chi connectivity index (χ0n) is 13.6. The van der Waals surface area contributed by atoms with E-state index < -0.39 is 0 Å². The first-order valence-electron chi connectivity index (χ1n) is 7.71. The quantitative estimate of drug-likeness (QED) is 0.641. The van der Waals surface area contributed by atoms with Crippen molar-refractivity contribution in [3.8, 4) is 5.88 Å². The number of pyridine rings is 1. The molecule has 0 aliphatic heterocycles. The molecule has 0 amide bonds. The molecular formula is C18H17ClFN3OS. The summed E-state index contributed by atoms with van der Waals surface area (Å²) in [5.41, 5.74) is 1.40. The Morgan fingerprint density at radius 1 is 1.44 bits per heavy atom. The highest BCUT2D eigenvalue weighted by Crippen LogP contribution is 2.25. The monoisotopic (exact) mass is 377 g/mol. The summed E-state index contributed by atoms with van der Waals surface area (Å²) in [7, 11) is 0. The van der Waals surface area contributed by atoms with Crippen molar-refractivity contribution in [1.82, 2.24) is 15.3 Å².